The molecule has 17 heavy (non-hydrogen) atoms. The van der Waals surface area contributed by atoms with Gasteiger partial charge in [0.25, 0.3) is 0 Å². The van der Waals surface area contributed by atoms with Crippen LogP contribution in [0.15, 0.2) is 34.5 Å². The van der Waals surface area contributed by atoms with Gasteiger partial charge in [0.05, 0.1) is 0 Å². The first kappa shape index (κ1) is 12.2. The van der Waals surface area contributed by atoms with Crippen molar-refractivity contribution in [1.29, 1.82) is 0 Å². The van der Waals surface area contributed by atoms with Gasteiger partial charge < -0.3 is 0 Å². The average molecular weight is 276 g/mol. The van der Waals surface area contributed by atoms with Crippen LogP contribution in [0.4, 0.5) is 8.78 Å². The van der Waals surface area contributed by atoms with Gasteiger partial charge >= 0.3 is 10.1 Å². The Labute approximate surface area is 100 Å². The molecule has 0 fully saturated rings. The Morgan fingerprint density at radius 2 is 1.82 bits per heavy atom. The summed E-state index contributed by atoms with van der Waals surface area (Å²) in [6, 6.07) is 5.51. The van der Waals surface area contributed by atoms with Gasteiger partial charge in [0.15, 0.2) is 0 Å². The highest BCUT2D eigenvalue weighted by Crippen LogP contribution is 2.32. The Bertz CT molecular complexity index is 662. The molecule has 0 amide bonds. The smallest absolute Gasteiger partial charge is 0.281 e. The lowest BCUT2D eigenvalue weighted by Crippen LogP contribution is -1.93. The van der Waals surface area contributed by atoms with Crippen molar-refractivity contribution in [1.82, 2.24) is 0 Å². The van der Waals surface area contributed by atoms with Crippen molar-refractivity contribution in [3.05, 3.63) is 42.0 Å². The fraction of sp³-hybridized carbons (Fsp3) is 0. The lowest BCUT2D eigenvalue weighted by atomic mass is 10.2. The fourth-order valence-corrected chi connectivity index (χ4v) is 2.99. The highest BCUT2D eigenvalue weighted by atomic mass is 32.3. The monoisotopic (exact) mass is 276 g/mol. The summed E-state index contributed by atoms with van der Waals surface area (Å²) in [5.74, 6) is -1.49. The molecule has 1 aromatic heterocycles. The Morgan fingerprint density at radius 1 is 1.12 bits per heavy atom. The fourth-order valence-electron chi connectivity index (χ4n) is 1.29. The number of benzene rings is 1. The standard InChI is InChI=1S/C10H6F2O3S2/c11-6-1-2-7(8(12)5-6)9-3-4-10(16-9)17(13,14)15/h1-5H,(H,13,14,15). The lowest BCUT2D eigenvalue weighted by Gasteiger charge is -1.99. The van der Waals surface area contributed by atoms with Crippen LogP contribution in [0.2, 0.25) is 0 Å². The summed E-state index contributed by atoms with van der Waals surface area (Å²) in [6.45, 7) is 0. The van der Waals surface area contributed by atoms with Gasteiger partial charge in [-0.2, -0.15) is 8.42 Å². The zero-order chi connectivity index (χ0) is 12.6. The van der Waals surface area contributed by atoms with E-state index >= 15 is 0 Å². The molecular weight excluding hydrogens is 270 g/mol. The van der Waals surface area contributed by atoms with Gasteiger partial charge in [-0.15, -0.1) is 11.3 Å². The third-order valence-corrected chi connectivity index (χ3v) is 4.47. The second-order valence-electron chi connectivity index (χ2n) is 3.22. The zero-order valence-electron chi connectivity index (χ0n) is 8.22. The first-order chi connectivity index (χ1) is 7.88. The minimum atomic E-state index is -4.29. The molecule has 0 saturated carbocycles. The van der Waals surface area contributed by atoms with E-state index in [1.165, 1.54) is 12.1 Å². The van der Waals surface area contributed by atoms with Crippen molar-refractivity contribution >= 4 is 21.5 Å². The molecule has 2 rings (SSSR count). The second kappa shape index (κ2) is 4.17. The van der Waals surface area contributed by atoms with Gasteiger partial charge in [-0.25, -0.2) is 8.78 Å². The predicted octanol–water partition coefficient (Wildman–Crippen LogP) is 2.94. The van der Waals surface area contributed by atoms with E-state index < -0.39 is 21.8 Å². The van der Waals surface area contributed by atoms with Crippen LogP contribution >= 0.6 is 11.3 Å². The summed E-state index contributed by atoms with van der Waals surface area (Å²) in [7, 11) is -4.29. The van der Waals surface area contributed by atoms with E-state index in [2.05, 4.69) is 0 Å². The van der Waals surface area contributed by atoms with E-state index in [0.717, 1.165) is 12.1 Å². The van der Waals surface area contributed by atoms with Crippen LogP contribution in [0, 0.1) is 11.6 Å². The van der Waals surface area contributed by atoms with Gasteiger partial charge in [-0.1, -0.05) is 0 Å². The molecule has 1 aromatic carbocycles. The largest absolute Gasteiger partial charge is 0.304 e. The van der Waals surface area contributed by atoms with Gasteiger partial charge in [0, 0.05) is 16.5 Å². The molecule has 0 spiro atoms. The van der Waals surface area contributed by atoms with Gasteiger partial charge in [-0.05, 0) is 24.3 Å². The molecule has 0 radical (unpaired) electrons. The Morgan fingerprint density at radius 3 is 2.35 bits per heavy atom. The second-order valence-corrected chi connectivity index (χ2v) is 5.95. The molecule has 1 heterocycles. The highest BCUT2D eigenvalue weighted by Gasteiger charge is 2.15. The third-order valence-electron chi connectivity index (χ3n) is 2.03. The topological polar surface area (TPSA) is 54.4 Å². The summed E-state index contributed by atoms with van der Waals surface area (Å²) in [6.07, 6.45) is 0. The van der Waals surface area contributed by atoms with Crippen molar-refractivity contribution in [3.63, 3.8) is 0 Å². The van der Waals surface area contributed by atoms with Crippen molar-refractivity contribution < 1.29 is 21.8 Å². The summed E-state index contributed by atoms with van der Waals surface area (Å²) in [5.41, 5.74) is 0.0892. The molecule has 2 aromatic rings. The van der Waals surface area contributed by atoms with Crippen LogP contribution in [0.3, 0.4) is 0 Å². The first-order valence-electron chi connectivity index (χ1n) is 4.40. The summed E-state index contributed by atoms with van der Waals surface area (Å²) < 4.78 is 56.2. The lowest BCUT2D eigenvalue weighted by molar-refractivity contribution is 0.485. The molecule has 0 atom stereocenters. The van der Waals surface area contributed by atoms with Crippen LogP contribution in [0.1, 0.15) is 0 Å². The first-order valence-corrected chi connectivity index (χ1v) is 6.66. The number of hydrogen-bond donors (Lipinski definition) is 1. The van der Waals surface area contributed by atoms with Crippen molar-refractivity contribution in [3.8, 4) is 10.4 Å². The van der Waals surface area contributed by atoms with Crippen LogP contribution in [0.5, 0.6) is 0 Å². The molecule has 0 aliphatic carbocycles. The quantitative estimate of drug-likeness (QED) is 0.858. The van der Waals surface area contributed by atoms with Crippen molar-refractivity contribution in [2.24, 2.45) is 0 Å². The zero-order valence-corrected chi connectivity index (χ0v) is 9.86. The maximum Gasteiger partial charge on any atom is 0.304 e. The maximum absolute atomic E-state index is 13.4. The molecule has 0 aliphatic rings. The van der Waals surface area contributed by atoms with Crippen LogP contribution in [-0.2, 0) is 10.1 Å². The van der Waals surface area contributed by atoms with Gasteiger partial charge in [-0.3, -0.25) is 4.55 Å². The number of halogens is 2. The Kier molecular flexibility index (Phi) is 2.98. The van der Waals surface area contributed by atoms with Gasteiger partial charge in [0.1, 0.15) is 15.8 Å². The maximum atomic E-state index is 13.4. The predicted molar refractivity (Wildman–Crippen MR) is 59.5 cm³/mol. The van der Waals surface area contributed by atoms with E-state index in [4.69, 9.17) is 4.55 Å². The third kappa shape index (κ3) is 2.51. The van der Waals surface area contributed by atoms with E-state index in [1.54, 1.807) is 0 Å². The Hall–Kier alpha value is -1.31. The molecule has 1 N–H and O–H groups in total. The molecule has 90 valence electrons. The minimum absolute atomic E-state index is 0.0892. The summed E-state index contributed by atoms with van der Waals surface area (Å²) in [4.78, 5) is 0.301. The van der Waals surface area contributed by atoms with E-state index in [1.807, 2.05) is 0 Å². The number of rotatable bonds is 2. The van der Waals surface area contributed by atoms with E-state index in [0.29, 0.717) is 22.3 Å². The van der Waals surface area contributed by atoms with Crippen molar-refractivity contribution in [2.45, 2.75) is 4.21 Å². The molecular formula is C10H6F2O3S2. The van der Waals surface area contributed by atoms with Crippen LogP contribution in [-0.4, -0.2) is 13.0 Å². The van der Waals surface area contributed by atoms with Crippen LogP contribution in [0.25, 0.3) is 10.4 Å². The summed E-state index contributed by atoms with van der Waals surface area (Å²) >= 11 is 0.713. The highest BCUT2D eigenvalue weighted by molar-refractivity contribution is 7.88. The minimum Gasteiger partial charge on any atom is -0.281 e. The molecule has 0 bridgehead atoms. The molecule has 3 nitrogen and oxygen atoms in total. The van der Waals surface area contributed by atoms with E-state index in [9.17, 15) is 17.2 Å². The normalized spacial score (nSPS) is 11.7. The van der Waals surface area contributed by atoms with Gasteiger partial charge in [0.2, 0.25) is 0 Å². The van der Waals surface area contributed by atoms with Crippen molar-refractivity contribution in [2.75, 3.05) is 0 Å². The molecule has 0 aliphatic heterocycles. The average Bonchev–Trinajstić information content (AvgIpc) is 2.65. The van der Waals surface area contributed by atoms with Crippen LogP contribution < -0.4 is 0 Å². The van der Waals surface area contributed by atoms with E-state index in [-0.39, 0.29) is 9.77 Å². The Balaban J connectivity index is 2.51. The number of hydrogen-bond acceptors (Lipinski definition) is 3. The molecule has 0 saturated heterocycles. The molecule has 7 heteroatoms. The number of thiophene rings is 1. The molecule has 0 unspecified atom stereocenters. The SMILES string of the molecule is O=S(=O)(O)c1ccc(-c2ccc(F)cc2F)s1. The summed E-state index contributed by atoms with van der Waals surface area (Å²) in [5, 5.41) is 0.